The van der Waals surface area contributed by atoms with Gasteiger partial charge in [-0.25, -0.2) is 0 Å². The molecule has 4 heteroatoms. The fourth-order valence-corrected chi connectivity index (χ4v) is 3.47. The molecular formula is C19H20ClNO2. The van der Waals surface area contributed by atoms with Gasteiger partial charge in [0, 0.05) is 24.0 Å². The van der Waals surface area contributed by atoms with Crippen molar-refractivity contribution in [1.82, 2.24) is 4.90 Å². The monoisotopic (exact) mass is 329 g/mol. The summed E-state index contributed by atoms with van der Waals surface area (Å²) in [6.45, 7) is 2.43. The molecule has 1 fully saturated rings. The minimum absolute atomic E-state index is 0.00206. The minimum atomic E-state index is -0.704. The number of hydrogen-bond donors (Lipinski definition) is 1. The third kappa shape index (κ3) is 3.92. The average molecular weight is 330 g/mol. The molecule has 2 atom stereocenters. The summed E-state index contributed by atoms with van der Waals surface area (Å²) in [5.74, 6) is -1.03. The van der Waals surface area contributed by atoms with Crippen molar-refractivity contribution >= 4 is 17.6 Å². The lowest BCUT2D eigenvalue weighted by Gasteiger charge is -2.37. The second kappa shape index (κ2) is 7.16. The fourth-order valence-electron chi connectivity index (χ4n) is 3.35. The van der Waals surface area contributed by atoms with Crippen LogP contribution in [0.1, 0.15) is 23.5 Å². The first-order chi connectivity index (χ1) is 11.1. The molecule has 1 aliphatic heterocycles. The fraction of sp³-hybridized carbons (Fsp3) is 0.316. The van der Waals surface area contributed by atoms with Crippen molar-refractivity contribution in [3.05, 3.63) is 70.7 Å². The Morgan fingerprint density at radius 3 is 2.48 bits per heavy atom. The zero-order chi connectivity index (χ0) is 16.2. The van der Waals surface area contributed by atoms with Crippen LogP contribution in [-0.4, -0.2) is 29.1 Å². The van der Waals surface area contributed by atoms with Crippen LogP contribution in [0.4, 0.5) is 0 Å². The highest BCUT2D eigenvalue weighted by molar-refractivity contribution is 6.30. The van der Waals surface area contributed by atoms with Gasteiger partial charge in [0.05, 0.1) is 5.92 Å². The van der Waals surface area contributed by atoms with Crippen LogP contribution in [0.3, 0.4) is 0 Å². The highest BCUT2D eigenvalue weighted by Crippen LogP contribution is 2.33. The topological polar surface area (TPSA) is 40.5 Å². The molecule has 3 rings (SSSR count). The van der Waals surface area contributed by atoms with Crippen LogP contribution < -0.4 is 0 Å². The van der Waals surface area contributed by atoms with Crippen molar-refractivity contribution in [3.63, 3.8) is 0 Å². The molecule has 1 N–H and O–H groups in total. The summed E-state index contributed by atoms with van der Waals surface area (Å²) >= 11 is 5.96. The lowest BCUT2D eigenvalue weighted by atomic mass is 9.80. The maximum Gasteiger partial charge on any atom is 0.307 e. The molecule has 2 aromatic carbocycles. The second-order valence-corrected chi connectivity index (χ2v) is 6.55. The summed E-state index contributed by atoms with van der Waals surface area (Å²) in [5.41, 5.74) is 2.32. The molecule has 2 aromatic rings. The van der Waals surface area contributed by atoms with Crippen molar-refractivity contribution < 1.29 is 9.90 Å². The lowest BCUT2D eigenvalue weighted by Crippen LogP contribution is -2.41. The highest BCUT2D eigenvalue weighted by atomic mass is 35.5. The predicted molar refractivity (Wildman–Crippen MR) is 91.7 cm³/mol. The quantitative estimate of drug-likeness (QED) is 0.920. The number of aliphatic carboxylic acids is 1. The Kier molecular flexibility index (Phi) is 4.99. The molecule has 0 radical (unpaired) electrons. The van der Waals surface area contributed by atoms with Crippen molar-refractivity contribution in [3.8, 4) is 0 Å². The normalized spacial score (nSPS) is 22.0. The van der Waals surface area contributed by atoms with Crippen LogP contribution in [0.25, 0.3) is 0 Å². The van der Waals surface area contributed by atoms with E-state index in [-0.39, 0.29) is 11.8 Å². The molecule has 0 aliphatic carbocycles. The summed E-state index contributed by atoms with van der Waals surface area (Å²) < 4.78 is 0. The van der Waals surface area contributed by atoms with Gasteiger partial charge in [-0.05, 0) is 36.2 Å². The van der Waals surface area contributed by atoms with Crippen LogP contribution in [-0.2, 0) is 11.3 Å². The Hall–Kier alpha value is -1.84. The van der Waals surface area contributed by atoms with Crippen LogP contribution in [0, 0.1) is 5.92 Å². The summed E-state index contributed by atoms with van der Waals surface area (Å²) in [6, 6.07) is 17.9. The van der Waals surface area contributed by atoms with Gasteiger partial charge in [-0.15, -0.1) is 0 Å². The number of rotatable bonds is 4. The maximum atomic E-state index is 11.6. The van der Waals surface area contributed by atoms with E-state index in [0.29, 0.717) is 11.4 Å². The zero-order valence-corrected chi connectivity index (χ0v) is 13.6. The van der Waals surface area contributed by atoms with E-state index < -0.39 is 5.97 Å². The number of carboxylic acid groups (broad SMARTS) is 1. The molecule has 0 spiro atoms. The van der Waals surface area contributed by atoms with Crippen LogP contribution in [0.5, 0.6) is 0 Å². The zero-order valence-electron chi connectivity index (χ0n) is 12.9. The first-order valence-electron chi connectivity index (χ1n) is 7.88. The molecule has 3 nitrogen and oxygen atoms in total. The Morgan fingerprint density at radius 1 is 1.13 bits per heavy atom. The summed E-state index contributed by atoms with van der Waals surface area (Å²) in [6.07, 6.45) is 0.676. The van der Waals surface area contributed by atoms with E-state index >= 15 is 0 Å². The Morgan fingerprint density at radius 2 is 1.83 bits per heavy atom. The lowest BCUT2D eigenvalue weighted by molar-refractivity contribution is -0.144. The minimum Gasteiger partial charge on any atom is -0.481 e. The van der Waals surface area contributed by atoms with Gasteiger partial charge < -0.3 is 5.11 Å². The van der Waals surface area contributed by atoms with Crippen LogP contribution in [0.15, 0.2) is 54.6 Å². The van der Waals surface area contributed by atoms with Gasteiger partial charge in [-0.2, -0.15) is 0 Å². The second-order valence-electron chi connectivity index (χ2n) is 6.11. The summed E-state index contributed by atoms with van der Waals surface area (Å²) in [7, 11) is 0. The molecule has 0 bridgehead atoms. The van der Waals surface area contributed by atoms with Gasteiger partial charge in [0.1, 0.15) is 0 Å². The largest absolute Gasteiger partial charge is 0.481 e. The van der Waals surface area contributed by atoms with E-state index in [4.69, 9.17) is 11.6 Å². The number of likely N-dealkylation sites (tertiary alicyclic amines) is 1. The number of carboxylic acids is 1. The molecular weight excluding hydrogens is 310 g/mol. The summed E-state index contributed by atoms with van der Waals surface area (Å²) in [4.78, 5) is 14.0. The highest BCUT2D eigenvalue weighted by Gasteiger charge is 2.34. The Labute approximate surface area is 141 Å². The van der Waals surface area contributed by atoms with Crippen molar-refractivity contribution in [2.45, 2.75) is 18.9 Å². The maximum absolute atomic E-state index is 11.6. The number of nitrogens with zero attached hydrogens (tertiary/aromatic N) is 1. The Balaban J connectivity index is 1.78. The van der Waals surface area contributed by atoms with E-state index in [0.717, 1.165) is 25.2 Å². The molecule has 1 heterocycles. The average Bonchev–Trinajstić information content (AvgIpc) is 2.56. The molecule has 0 saturated carbocycles. The molecule has 1 aliphatic rings. The molecule has 23 heavy (non-hydrogen) atoms. The van der Waals surface area contributed by atoms with E-state index in [2.05, 4.69) is 17.0 Å². The molecule has 0 aromatic heterocycles. The van der Waals surface area contributed by atoms with Gasteiger partial charge in [0.15, 0.2) is 0 Å². The third-order valence-corrected chi connectivity index (χ3v) is 4.81. The van der Waals surface area contributed by atoms with Crippen LogP contribution >= 0.6 is 11.6 Å². The van der Waals surface area contributed by atoms with Gasteiger partial charge in [-0.1, -0.05) is 54.1 Å². The number of carbonyl (C=O) groups is 1. The van der Waals surface area contributed by atoms with Crippen molar-refractivity contribution in [2.75, 3.05) is 13.1 Å². The molecule has 1 saturated heterocycles. The van der Waals surface area contributed by atoms with Crippen LogP contribution in [0.2, 0.25) is 5.02 Å². The first-order valence-corrected chi connectivity index (χ1v) is 8.26. The predicted octanol–water partition coefficient (Wildman–Crippen LogP) is 4.03. The van der Waals surface area contributed by atoms with E-state index in [1.54, 1.807) is 0 Å². The van der Waals surface area contributed by atoms with E-state index in [9.17, 15) is 9.90 Å². The number of halogens is 1. The van der Waals surface area contributed by atoms with Crippen molar-refractivity contribution in [1.29, 1.82) is 0 Å². The standard InChI is InChI=1S/C19H20ClNO2/c20-16-8-6-15(7-9-16)18-13-21(11-10-17(18)19(22)23)12-14-4-2-1-3-5-14/h1-9,17-18H,10-13H2,(H,22,23)/t17-,18-/m1/s1. The number of hydrogen-bond acceptors (Lipinski definition) is 2. The van der Waals surface area contributed by atoms with Gasteiger partial charge >= 0.3 is 5.97 Å². The number of piperidine rings is 1. The van der Waals surface area contributed by atoms with E-state index in [1.807, 2.05) is 42.5 Å². The molecule has 0 unspecified atom stereocenters. The smallest absolute Gasteiger partial charge is 0.307 e. The van der Waals surface area contributed by atoms with Gasteiger partial charge in [0.2, 0.25) is 0 Å². The first kappa shape index (κ1) is 16.0. The molecule has 120 valence electrons. The Bertz CT molecular complexity index is 657. The third-order valence-electron chi connectivity index (χ3n) is 4.56. The van der Waals surface area contributed by atoms with Crippen molar-refractivity contribution in [2.24, 2.45) is 5.92 Å². The van der Waals surface area contributed by atoms with E-state index in [1.165, 1.54) is 5.56 Å². The SMILES string of the molecule is O=C(O)[C@@H]1CCN(Cc2ccccc2)C[C@@H]1c1ccc(Cl)cc1. The van der Waals surface area contributed by atoms with Gasteiger partial charge in [0.25, 0.3) is 0 Å². The summed E-state index contributed by atoms with van der Waals surface area (Å²) in [5, 5.41) is 10.2. The number of benzene rings is 2. The van der Waals surface area contributed by atoms with Gasteiger partial charge in [-0.3, -0.25) is 9.69 Å². The molecule has 0 amide bonds.